The Labute approximate surface area is 156 Å². The number of hydrogen-bond donors (Lipinski definition) is 1. The number of aliphatic hydroxyl groups excluding tert-OH is 1. The van der Waals surface area contributed by atoms with Crippen molar-refractivity contribution in [2.45, 2.75) is 26.2 Å². The third-order valence-electron chi connectivity index (χ3n) is 5.82. The number of fused-ring (bicyclic) bond motifs is 1. The number of halogens is 1. The number of hydrogen-bond acceptors (Lipinski definition) is 4. The highest BCUT2D eigenvalue weighted by Crippen LogP contribution is 2.40. The number of likely N-dealkylation sites (tertiary alicyclic amines) is 2. The van der Waals surface area contributed by atoms with Gasteiger partial charge in [0.15, 0.2) is 5.69 Å². The maximum absolute atomic E-state index is 14.7. The minimum Gasteiger partial charge on any atom is -0.395 e. The van der Waals surface area contributed by atoms with E-state index >= 15 is 0 Å². The van der Waals surface area contributed by atoms with Gasteiger partial charge in [-0.1, -0.05) is 6.07 Å². The van der Waals surface area contributed by atoms with E-state index in [1.165, 1.54) is 4.40 Å². The first-order valence-electron chi connectivity index (χ1n) is 9.29. The summed E-state index contributed by atoms with van der Waals surface area (Å²) >= 11 is 0. The Morgan fingerprint density at radius 2 is 2.19 bits per heavy atom. The normalized spacial score (nSPS) is 23.0. The van der Waals surface area contributed by atoms with Crippen molar-refractivity contribution in [3.05, 3.63) is 35.5 Å². The zero-order chi connectivity index (χ0) is 19.2. The first-order valence-corrected chi connectivity index (χ1v) is 9.29. The Morgan fingerprint density at radius 3 is 2.93 bits per heavy atom. The summed E-state index contributed by atoms with van der Waals surface area (Å²) in [6, 6.07) is 3.53. The molecule has 4 rings (SSSR count). The molecule has 2 aliphatic rings. The number of carbonyl (C=O) groups excluding carboxylic acids is 2. The molecule has 0 radical (unpaired) electrons. The van der Waals surface area contributed by atoms with Gasteiger partial charge in [-0.2, -0.15) is 4.39 Å². The zero-order valence-electron chi connectivity index (χ0n) is 15.3. The highest BCUT2D eigenvalue weighted by atomic mass is 19.1. The number of aryl methyl sites for hydroxylation is 1. The summed E-state index contributed by atoms with van der Waals surface area (Å²) in [5.41, 5.74) is 0.400. The fourth-order valence-electron chi connectivity index (χ4n) is 4.37. The predicted molar refractivity (Wildman–Crippen MR) is 95.7 cm³/mol. The van der Waals surface area contributed by atoms with E-state index in [4.69, 9.17) is 5.11 Å². The summed E-state index contributed by atoms with van der Waals surface area (Å²) in [4.78, 5) is 33.3. The number of aliphatic hydroxyl groups is 1. The topological polar surface area (TPSA) is 78.1 Å². The molecular formula is C19H23FN4O3. The standard InChI is InChI=1S/C19H23FN4O3/c1-13-4-2-8-24-15(20)14(21-16(13)24)17(26)23-9-6-19(12-23)5-3-7-22(10-11-25)18(19)27/h2,4,8,25H,3,5-7,9-12H2,1H3/t19-/m0/s1. The highest BCUT2D eigenvalue weighted by Gasteiger charge is 2.49. The molecule has 0 bridgehead atoms. The van der Waals surface area contributed by atoms with E-state index in [0.717, 1.165) is 12.0 Å². The fourth-order valence-corrected chi connectivity index (χ4v) is 4.37. The molecule has 144 valence electrons. The molecule has 8 heteroatoms. The molecule has 27 heavy (non-hydrogen) atoms. The molecule has 2 aromatic rings. The number of pyridine rings is 1. The number of imidazole rings is 1. The third-order valence-corrected chi connectivity index (χ3v) is 5.82. The summed E-state index contributed by atoms with van der Waals surface area (Å²) in [7, 11) is 0. The van der Waals surface area contributed by atoms with Gasteiger partial charge < -0.3 is 14.9 Å². The molecule has 2 aliphatic heterocycles. The highest BCUT2D eigenvalue weighted by molar-refractivity contribution is 5.94. The van der Waals surface area contributed by atoms with Crippen molar-refractivity contribution in [2.24, 2.45) is 5.41 Å². The Bertz CT molecular complexity index is 910. The second-order valence-corrected chi connectivity index (χ2v) is 7.51. The van der Waals surface area contributed by atoms with Gasteiger partial charge in [-0.3, -0.25) is 14.0 Å². The molecule has 2 saturated heterocycles. The SMILES string of the molecule is Cc1cccn2c(F)c(C(=O)N3CC[C@@]4(CCCN(CCO)C4=O)C3)nc12. The second-order valence-electron chi connectivity index (χ2n) is 7.51. The van der Waals surface area contributed by atoms with E-state index in [1.807, 2.05) is 13.0 Å². The number of nitrogens with zero attached hydrogens (tertiary/aromatic N) is 4. The first-order chi connectivity index (χ1) is 13.0. The van der Waals surface area contributed by atoms with Crippen LogP contribution in [0.3, 0.4) is 0 Å². The van der Waals surface area contributed by atoms with E-state index in [1.54, 1.807) is 22.1 Å². The van der Waals surface area contributed by atoms with E-state index in [9.17, 15) is 14.0 Å². The van der Waals surface area contributed by atoms with Crippen LogP contribution in [-0.2, 0) is 4.79 Å². The maximum Gasteiger partial charge on any atom is 0.277 e. The lowest BCUT2D eigenvalue weighted by Gasteiger charge is -2.39. The van der Waals surface area contributed by atoms with Gasteiger partial charge in [-0.15, -0.1) is 0 Å². The minimum atomic E-state index is -0.670. The average molecular weight is 374 g/mol. The van der Waals surface area contributed by atoms with Gasteiger partial charge in [0.05, 0.1) is 12.0 Å². The molecule has 0 unspecified atom stereocenters. The number of amides is 2. The van der Waals surface area contributed by atoms with Gasteiger partial charge in [0.1, 0.15) is 5.65 Å². The largest absolute Gasteiger partial charge is 0.395 e. The molecule has 0 aromatic carbocycles. The van der Waals surface area contributed by atoms with Crippen molar-refractivity contribution in [2.75, 3.05) is 32.8 Å². The molecule has 2 aromatic heterocycles. The second kappa shape index (κ2) is 6.60. The van der Waals surface area contributed by atoms with E-state index < -0.39 is 17.3 Å². The summed E-state index contributed by atoms with van der Waals surface area (Å²) in [5, 5.41) is 9.17. The number of piperidine rings is 1. The molecule has 1 spiro atoms. The maximum atomic E-state index is 14.7. The van der Waals surface area contributed by atoms with Crippen molar-refractivity contribution in [3.63, 3.8) is 0 Å². The van der Waals surface area contributed by atoms with Crippen LogP contribution in [0.4, 0.5) is 4.39 Å². The van der Waals surface area contributed by atoms with Crippen LogP contribution >= 0.6 is 0 Å². The summed E-state index contributed by atoms with van der Waals surface area (Å²) in [6.45, 7) is 3.38. The number of aromatic nitrogens is 2. The zero-order valence-corrected chi connectivity index (χ0v) is 15.3. The minimum absolute atomic E-state index is 0.00980. The van der Waals surface area contributed by atoms with Crippen molar-refractivity contribution in [1.82, 2.24) is 19.2 Å². The van der Waals surface area contributed by atoms with Crippen LogP contribution in [0.2, 0.25) is 0 Å². The van der Waals surface area contributed by atoms with E-state index in [2.05, 4.69) is 4.98 Å². The molecule has 1 atom stereocenters. The van der Waals surface area contributed by atoms with Gasteiger partial charge in [0.25, 0.3) is 5.91 Å². The van der Waals surface area contributed by atoms with Crippen molar-refractivity contribution >= 4 is 17.5 Å². The summed E-state index contributed by atoms with van der Waals surface area (Å²) in [5.74, 6) is -1.15. The van der Waals surface area contributed by atoms with Crippen LogP contribution in [0.1, 0.15) is 35.3 Å². The molecule has 2 amide bonds. The lowest BCUT2D eigenvalue weighted by Crippen LogP contribution is -2.51. The van der Waals surface area contributed by atoms with Crippen LogP contribution in [0.25, 0.3) is 5.65 Å². The van der Waals surface area contributed by atoms with Gasteiger partial charge in [0.2, 0.25) is 11.9 Å². The summed E-state index contributed by atoms with van der Waals surface area (Å²) < 4.78 is 16.0. The smallest absolute Gasteiger partial charge is 0.277 e. The number of β-amino-alcohol motifs (C(OH)–C–C–N with tert-alkyl or cyclic N) is 1. The summed E-state index contributed by atoms with van der Waals surface area (Å²) in [6.07, 6.45) is 3.66. The third kappa shape index (κ3) is 2.79. The predicted octanol–water partition coefficient (Wildman–Crippen LogP) is 1.23. The van der Waals surface area contributed by atoms with Crippen molar-refractivity contribution < 1.29 is 19.1 Å². The van der Waals surface area contributed by atoms with Crippen LogP contribution in [-0.4, -0.2) is 68.9 Å². The monoisotopic (exact) mass is 374 g/mol. The molecular weight excluding hydrogens is 351 g/mol. The van der Waals surface area contributed by atoms with Crippen LogP contribution in [0, 0.1) is 18.3 Å². The average Bonchev–Trinajstić information content (AvgIpc) is 3.23. The Morgan fingerprint density at radius 1 is 1.37 bits per heavy atom. The number of carbonyl (C=O) groups is 2. The van der Waals surface area contributed by atoms with Crippen LogP contribution in [0.15, 0.2) is 18.3 Å². The van der Waals surface area contributed by atoms with Crippen molar-refractivity contribution in [3.8, 4) is 0 Å². The number of rotatable bonds is 3. The fraction of sp³-hybridized carbons (Fsp3) is 0.526. The van der Waals surface area contributed by atoms with Gasteiger partial charge in [0, 0.05) is 32.4 Å². The van der Waals surface area contributed by atoms with Crippen LogP contribution < -0.4 is 0 Å². The molecule has 2 fully saturated rings. The lowest BCUT2D eigenvalue weighted by molar-refractivity contribution is -0.146. The molecule has 0 aliphatic carbocycles. The Balaban J connectivity index is 1.59. The van der Waals surface area contributed by atoms with Crippen molar-refractivity contribution in [1.29, 1.82) is 0 Å². The molecule has 7 nitrogen and oxygen atoms in total. The quantitative estimate of drug-likeness (QED) is 0.877. The lowest BCUT2D eigenvalue weighted by atomic mass is 9.78. The van der Waals surface area contributed by atoms with E-state index in [-0.39, 0.29) is 24.8 Å². The first kappa shape index (κ1) is 17.9. The van der Waals surface area contributed by atoms with Gasteiger partial charge >= 0.3 is 0 Å². The molecule has 1 N–H and O–H groups in total. The van der Waals surface area contributed by atoms with Gasteiger partial charge in [-0.25, -0.2) is 4.98 Å². The van der Waals surface area contributed by atoms with E-state index in [0.29, 0.717) is 38.1 Å². The molecule has 0 saturated carbocycles. The Kier molecular flexibility index (Phi) is 4.38. The molecule has 4 heterocycles. The van der Waals surface area contributed by atoms with Crippen LogP contribution in [0.5, 0.6) is 0 Å². The Hall–Kier alpha value is -2.48. The van der Waals surface area contributed by atoms with Gasteiger partial charge in [-0.05, 0) is 37.8 Å².